The quantitative estimate of drug-likeness (QED) is 0.902. The number of nitrogens with two attached hydrogens (primary N) is 1. The molecule has 17 heavy (non-hydrogen) atoms. The second-order valence-corrected chi connectivity index (χ2v) is 4.81. The molecule has 0 fully saturated rings. The van der Waals surface area contributed by atoms with Crippen molar-refractivity contribution in [3.05, 3.63) is 39.6 Å². The molecule has 0 amide bonds. The van der Waals surface area contributed by atoms with Gasteiger partial charge in [-0.1, -0.05) is 0 Å². The van der Waals surface area contributed by atoms with E-state index in [1.807, 2.05) is 31.4 Å². The van der Waals surface area contributed by atoms with Crippen molar-refractivity contribution in [2.24, 2.45) is 5.73 Å². The number of hydrogen-bond donors (Lipinski definition) is 1. The average Bonchev–Trinajstić information content (AvgIpc) is 2.73. The summed E-state index contributed by atoms with van der Waals surface area (Å²) in [6, 6.07) is 3.82. The van der Waals surface area contributed by atoms with Crippen LogP contribution in [0, 0.1) is 13.8 Å². The first kappa shape index (κ1) is 12.0. The molecule has 0 bridgehead atoms. The van der Waals surface area contributed by atoms with Crippen LogP contribution in [-0.4, -0.2) is 9.97 Å². The zero-order valence-electron chi connectivity index (χ0n) is 9.93. The van der Waals surface area contributed by atoms with Gasteiger partial charge < -0.3 is 10.5 Å². The molecule has 5 heteroatoms. The van der Waals surface area contributed by atoms with Crippen molar-refractivity contribution in [1.82, 2.24) is 9.97 Å². The molecule has 0 spiro atoms. The molecule has 2 aromatic heterocycles. The number of nitrogens with zero attached hydrogens (tertiary/aromatic N) is 2. The topological polar surface area (TPSA) is 61.0 Å². The number of pyridine rings is 1. The van der Waals surface area contributed by atoms with Gasteiger partial charge in [0.2, 0.25) is 0 Å². The molecule has 0 atom stereocenters. The predicted molar refractivity (Wildman–Crippen MR) is 68.0 cm³/mol. The lowest BCUT2D eigenvalue weighted by Crippen LogP contribution is -2.06. The number of aryl methyl sites for hydroxylation is 2. The second-order valence-electron chi connectivity index (χ2n) is 3.75. The van der Waals surface area contributed by atoms with Gasteiger partial charge in [-0.15, -0.1) is 11.3 Å². The third kappa shape index (κ3) is 3.01. The number of hydrogen-bond acceptors (Lipinski definition) is 5. The Kier molecular flexibility index (Phi) is 3.71. The van der Waals surface area contributed by atoms with Gasteiger partial charge in [-0.2, -0.15) is 0 Å². The van der Waals surface area contributed by atoms with Gasteiger partial charge in [0.15, 0.2) is 0 Å². The summed E-state index contributed by atoms with van der Waals surface area (Å²) in [6.07, 6.45) is 0. The molecule has 0 saturated carbocycles. The first-order chi connectivity index (χ1) is 8.19. The molecular weight excluding hydrogens is 234 g/mol. The van der Waals surface area contributed by atoms with Crippen LogP contribution in [0.4, 0.5) is 0 Å². The Balaban J connectivity index is 2.08. The molecule has 0 aromatic carbocycles. The third-order valence-corrected chi connectivity index (χ3v) is 3.13. The summed E-state index contributed by atoms with van der Waals surface area (Å²) in [4.78, 5) is 8.68. The van der Waals surface area contributed by atoms with E-state index in [9.17, 15) is 0 Å². The van der Waals surface area contributed by atoms with E-state index in [2.05, 4.69) is 9.97 Å². The van der Waals surface area contributed by atoms with Crippen LogP contribution in [-0.2, 0) is 13.2 Å². The molecule has 0 aliphatic carbocycles. The first-order valence-corrected chi connectivity index (χ1v) is 6.27. The molecule has 0 unspecified atom stereocenters. The van der Waals surface area contributed by atoms with Crippen molar-refractivity contribution in [1.29, 1.82) is 0 Å². The Morgan fingerprint density at radius 3 is 2.76 bits per heavy atom. The molecule has 0 radical (unpaired) electrons. The van der Waals surface area contributed by atoms with Crippen LogP contribution in [0.2, 0.25) is 0 Å². The molecule has 4 nitrogen and oxygen atoms in total. The Hall–Kier alpha value is -1.46. The van der Waals surface area contributed by atoms with Crippen molar-refractivity contribution in [2.75, 3.05) is 0 Å². The molecular formula is C12H15N3OS. The van der Waals surface area contributed by atoms with E-state index in [1.54, 1.807) is 11.3 Å². The fourth-order valence-electron chi connectivity index (χ4n) is 1.50. The Morgan fingerprint density at radius 1 is 1.29 bits per heavy atom. The Bertz CT molecular complexity index is 510. The number of rotatable bonds is 4. The highest BCUT2D eigenvalue weighted by molar-refractivity contribution is 7.09. The minimum absolute atomic E-state index is 0.382. The average molecular weight is 249 g/mol. The summed E-state index contributed by atoms with van der Waals surface area (Å²) in [6.45, 7) is 4.76. The minimum Gasteiger partial charge on any atom is -0.485 e. The van der Waals surface area contributed by atoms with Gasteiger partial charge in [0, 0.05) is 17.6 Å². The second kappa shape index (κ2) is 5.25. The Labute approximate surface area is 104 Å². The van der Waals surface area contributed by atoms with E-state index < -0.39 is 0 Å². The molecule has 2 aromatic rings. The van der Waals surface area contributed by atoms with E-state index in [4.69, 9.17) is 10.5 Å². The smallest absolute Gasteiger partial charge is 0.142 e. The van der Waals surface area contributed by atoms with E-state index >= 15 is 0 Å². The van der Waals surface area contributed by atoms with Gasteiger partial charge in [0.1, 0.15) is 12.4 Å². The van der Waals surface area contributed by atoms with E-state index in [1.165, 1.54) is 0 Å². The van der Waals surface area contributed by atoms with Gasteiger partial charge >= 0.3 is 0 Å². The maximum Gasteiger partial charge on any atom is 0.142 e. The van der Waals surface area contributed by atoms with Crippen molar-refractivity contribution in [3.63, 3.8) is 0 Å². The summed E-state index contributed by atoms with van der Waals surface area (Å²) in [5.74, 6) is 0.740. The highest BCUT2D eigenvalue weighted by atomic mass is 32.1. The number of aromatic nitrogens is 2. The lowest BCUT2D eigenvalue weighted by molar-refractivity contribution is 0.297. The standard InChI is InChI=1S/C12H15N3OS/c1-8-3-4-12(11(5-13)14-8)16-6-10-7-17-9(2)15-10/h3-4,7H,5-6,13H2,1-2H3. The summed E-state index contributed by atoms with van der Waals surface area (Å²) >= 11 is 1.62. The van der Waals surface area contributed by atoms with Crippen LogP contribution in [0.1, 0.15) is 22.1 Å². The van der Waals surface area contributed by atoms with Crippen LogP contribution in [0.5, 0.6) is 5.75 Å². The number of ether oxygens (including phenoxy) is 1. The summed E-state index contributed by atoms with van der Waals surface area (Å²) in [5, 5.41) is 3.05. The summed E-state index contributed by atoms with van der Waals surface area (Å²) in [5.41, 5.74) is 8.31. The Morgan fingerprint density at radius 2 is 2.12 bits per heavy atom. The van der Waals surface area contributed by atoms with E-state index in [-0.39, 0.29) is 0 Å². The third-order valence-electron chi connectivity index (χ3n) is 2.31. The van der Waals surface area contributed by atoms with Crippen LogP contribution < -0.4 is 10.5 Å². The first-order valence-electron chi connectivity index (χ1n) is 5.39. The van der Waals surface area contributed by atoms with Crippen LogP contribution in [0.15, 0.2) is 17.5 Å². The molecule has 2 rings (SSSR count). The maximum atomic E-state index is 5.68. The monoisotopic (exact) mass is 249 g/mol. The van der Waals surface area contributed by atoms with Gasteiger partial charge in [-0.05, 0) is 26.0 Å². The van der Waals surface area contributed by atoms with Gasteiger partial charge in [0.05, 0.1) is 16.4 Å². The largest absolute Gasteiger partial charge is 0.485 e. The zero-order chi connectivity index (χ0) is 12.3. The van der Waals surface area contributed by atoms with Crippen molar-refractivity contribution >= 4 is 11.3 Å². The molecule has 0 aliphatic rings. The zero-order valence-corrected chi connectivity index (χ0v) is 10.8. The molecule has 2 N–H and O–H groups in total. The van der Waals surface area contributed by atoms with Crippen molar-refractivity contribution in [2.45, 2.75) is 27.0 Å². The van der Waals surface area contributed by atoms with E-state index in [0.29, 0.717) is 13.2 Å². The van der Waals surface area contributed by atoms with Gasteiger partial charge in [0.25, 0.3) is 0 Å². The van der Waals surface area contributed by atoms with Gasteiger partial charge in [-0.3, -0.25) is 4.98 Å². The fourth-order valence-corrected chi connectivity index (χ4v) is 2.10. The van der Waals surface area contributed by atoms with Crippen LogP contribution in [0.3, 0.4) is 0 Å². The molecule has 2 heterocycles. The summed E-state index contributed by atoms with van der Waals surface area (Å²) < 4.78 is 5.68. The summed E-state index contributed by atoms with van der Waals surface area (Å²) in [7, 11) is 0. The SMILES string of the molecule is Cc1ccc(OCc2csc(C)n2)c(CN)n1. The predicted octanol–water partition coefficient (Wildman–Crippen LogP) is 2.19. The molecule has 90 valence electrons. The molecule has 0 aliphatic heterocycles. The van der Waals surface area contributed by atoms with Crippen molar-refractivity contribution < 1.29 is 4.74 Å². The van der Waals surface area contributed by atoms with Crippen molar-refractivity contribution in [3.8, 4) is 5.75 Å². The van der Waals surface area contributed by atoms with Crippen LogP contribution in [0.25, 0.3) is 0 Å². The minimum atomic E-state index is 0.382. The highest BCUT2D eigenvalue weighted by Crippen LogP contribution is 2.18. The lowest BCUT2D eigenvalue weighted by atomic mass is 10.3. The van der Waals surface area contributed by atoms with Gasteiger partial charge in [-0.25, -0.2) is 4.98 Å². The molecule has 0 saturated heterocycles. The number of thiazole rings is 1. The fraction of sp³-hybridized carbons (Fsp3) is 0.333. The normalized spacial score (nSPS) is 10.5. The lowest BCUT2D eigenvalue weighted by Gasteiger charge is -2.09. The van der Waals surface area contributed by atoms with E-state index in [0.717, 1.165) is 27.8 Å². The van der Waals surface area contributed by atoms with Crippen LogP contribution >= 0.6 is 11.3 Å². The highest BCUT2D eigenvalue weighted by Gasteiger charge is 2.05. The maximum absolute atomic E-state index is 5.68.